The molecule has 2 amide bonds. The molecule has 1 aliphatic rings. The zero-order chi connectivity index (χ0) is 19.2. The molecule has 0 fully saturated rings. The zero-order valence-corrected chi connectivity index (χ0v) is 15.4. The van der Waals surface area contributed by atoms with Gasteiger partial charge in [0.05, 0.1) is 0 Å². The molecule has 0 saturated heterocycles. The highest BCUT2D eigenvalue weighted by Crippen LogP contribution is 2.32. The van der Waals surface area contributed by atoms with Crippen molar-refractivity contribution in [2.75, 3.05) is 27.4 Å². The molecule has 27 heavy (non-hydrogen) atoms. The van der Waals surface area contributed by atoms with Crippen molar-refractivity contribution in [3.05, 3.63) is 65.2 Å². The van der Waals surface area contributed by atoms with Gasteiger partial charge in [0.15, 0.2) is 11.5 Å². The van der Waals surface area contributed by atoms with Crippen LogP contribution in [-0.4, -0.2) is 44.1 Å². The predicted octanol–water partition coefficient (Wildman–Crippen LogP) is 2.49. The van der Waals surface area contributed by atoms with E-state index in [1.54, 1.807) is 32.3 Å². The molecule has 140 valence electrons. The molecule has 0 atom stereocenters. The largest absolute Gasteiger partial charge is 0.454 e. The summed E-state index contributed by atoms with van der Waals surface area (Å²) < 4.78 is 10.6. The van der Waals surface area contributed by atoms with E-state index in [0.29, 0.717) is 18.5 Å². The third-order valence-electron chi connectivity index (χ3n) is 4.14. The van der Waals surface area contributed by atoms with Crippen LogP contribution in [0.25, 0.3) is 6.08 Å². The number of ether oxygens (including phenoxy) is 2. The van der Waals surface area contributed by atoms with Crippen molar-refractivity contribution in [1.29, 1.82) is 0 Å². The third-order valence-corrected chi connectivity index (χ3v) is 4.14. The second-order valence-corrected chi connectivity index (χ2v) is 6.38. The topological polar surface area (TPSA) is 67.9 Å². The lowest BCUT2D eigenvalue weighted by Gasteiger charge is -2.09. The molecule has 6 heteroatoms. The minimum Gasteiger partial charge on any atom is -0.454 e. The van der Waals surface area contributed by atoms with Crippen LogP contribution in [0, 0.1) is 0 Å². The van der Waals surface area contributed by atoms with Crippen molar-refractivity contribution in [2.24, 2.45) is 0 Å². The van der Waals surface area contributed by atoms with E-state index in [9.17, 15) is 9.59 Å². The number of benzene rings is 2. The van der Waals surface area contributed by atoms with Gasteiger partial charge in [-0.25, -0.2) is 0 Å². The van der Waals surface area contributed by atoms with E-state index in [1.807, 2.05) is 30.3 Å². The fourth-order valence-electron chi connectivity index (χ4n) is 2.65. The van der Waals surface area contributed by atoms with Crippen LogP contribution in [0.4, 0.5) is 0 Å². The van der Waals surface area contributed by atoms with Gasteiger partial charge in [0.1, 0.15) is 0 Å². The van der Waals surface area contributed by atoms with E-state index in [0.717, 1.165) is 22.6 Å². The van der Waals surface area contributed by atoms with Crippen LogP contribution < -0.4 is 14.8 Å². The third kappa shape index (κ3) is 4.88. The Kier molecular flexibility index (Phi) is 5.76. The van der Waals surface area contributed by atoms with Gasteiger partial charge in [0, 0.05) is 32.3 Å². The van der Waals surface area contributed by atoms with Gasteiger partial charge >= 0.3 is 0 Å². The predicted molar refractivity (Wildman–Crippen MR) is 103 cm³/mol. The first-order valence-electron chi connectivity index (χ1n) is 8.69. The Balaban J connectivity index is 1.47. The van der Waals surface area contributed by atoms with Crippen molar-refractivity contribution in [3.8, 4) is 11.5 Å². The van der Waals surface area contributed by atoms with Gasteiger partial charge in [-0.1, -0.05) is 18.2 Å². The van der Waals surface area contributed by atoms with Crippen LogP contribution >= 0.6 is 0 Å². The highest BCUT2D eigenvalue weighted by Gasteiger charge is 2.13. The number of hydrogen-bond acceptors (Lipinski definition) is 4. The molecule has 0 aromatic heterocycles. The highest BCUT2D eigenvalue weighted by molar-refractivity contribution is 5.94. The maximum absolute atomic E-state index is 12.0. The molecule has 2 aromatic carbocycles. The van der Waals surface area contributed by atoms with Crippen molar-refractivity contribution < 1.29 is 19.1 Å². The fraction of sp³-hybridized carbons (Fsp3) is 0.238. The van der Waals surface area contributed by atoms with E-state index < -0.39 is 0 Å². The smallest absolute Gasteiger partial charge is 0.253 e. The van der Waals surface area contributed by atoms with E-state index in [4.69, 9.17) is 9.47 Å². The van der Waals surface area contributed by atoms with Gasteiger partial charge in [-0.15, -0.1) is 0 Å². The number of nitrogens with zero attached hydrogens (tertiary/aromatic N) is 1. The first-order chi connectivity index (χ1) is 13.0. The van der Waals surface area contributed by atoms with Gasteiger partial charge in [-0.2, -0.15) is 0 Å². The van der Waals surface area contributed by atoms with Gasteiger partial charge in [0.25, 0.3) is 5.91 Å². The summed E-state index contributed by atoms with van der Waals surface area (Å²) >= 11 is 0. The molecule has 0 bridgehead atoms. The summed E-state index contributed by atoms with van der Waals surface area (Å²) in [4.78, 5) is 25.3. The molecule has 0 aliphatic carbocycles. The summed E-state index contributed by atoms with van der Waals surface area (Å²) in [5.74, 6) is 1.29. The minimum absolute atomic E-state index is 0.0493. The Morgan fingerprint density at radius 2 is 1.81 bits per heavy atom. The van der Waals surface area contributed by atoms with Crippen LogP contribution in [0.5, 0.6) is 11.5 Å². The summed E-state index contributed by atoms with van der Waals surface area (Å²) in [6.07, 6.45) is 3.92. The minimum atomic E-state index is -0.163. The highest BCUT2D eigenvalue weighted by atomic mass is 16.7. The van der Waals surface area contributed by atoms with E-state index in [-0.39, 0.29) is 18.6 Å². The van der Waals surface area contributed by atoms with E-state index in [1.165, 1.54) is 11.0 Å². The number of hydrogen-bond donors (Lipinski definition) is 1. The Labute approximate surface area is 158 Å². The van der Waals surface area contributed by atoms with Gasteiger partial charge in [-0.05, 0) is 47.9 Å². The number of amides is 2. The molecule has 1 heterocycles. The van der Waals surface area contributed by atoms with Gasteiger partial charge in [-0.3, -0.25) is 9.59 Å². The summed E-state index contributed by atoms with van der Waals surface area (Å²) in [6, 6.07) is 12.9. The molecular weight excluding hydrogens is 344 g/mol. The Morgan fingerprint density at radius 3 is 2.56 bits per heavy atom. The lowest BCUT2D eigenvalue weighted by atomic mass is 10.1. The summed E-state index contributed by atoms with van der Waals surface area (Å²) in [5, 5.41) is 2.86. The monoisotopic (exact) mass is 366 g/mol. The summed E-state index contributed by atoms with van der Waals surface area (Å²) in [6.45, 7) is 0.781. The molecule has 0 spiro atoms. The molecule has 0 saturated carbocycles. The molecule has 2 aromatic rings. The van der Waals surface area contributed by atoms with Crippen LogP contribution in [0.15, 0.2) is 48.5 Å². The van der Waals surface area contributed by atoms with Crippen LogP contribution in [0.3, 0.4) is 0 Å². The molecule has 1 aliphatic heterocycles. The lowest BCUT2D eigenvalue weighted by molar-refractivity contribution is -0.116. The molecular formula is C21H22N2O4. The first kappa shape index (κ1) is 18.5. The SMILES string of the molecule is CN(C)C(=O)c1ccc(/C=C/C(=O)NCCc2ccc3c(c2)OCO3)cc1. The second-order valence-electron chi connectivity index (χ2n) is 6.38. The number of rotatable bonds is 6. The molecule has 3 rings (SSSR count). The van der Waals surface area contributed by atoms with Gasteiger partial charge < -0.3 is 19.7 Å². The number of carbonyl (C=O) groups is 2. The average Bonchev–Trinajstić information content (AvgIpc) is 3.14. The number of nitrogens with one attached hydrogen (secondary N) is 1. The van der Waals surface area contributed by atoms with Crippen molar-refractivity contribution >= 4 is 17.9 Å². The number of carbonyl (C=O) groups excluding carboxylic acids is 2. The van der Waals surface area contributed by atoms with Crippen LogP contribution in [0.2, 0.25) is 0 Å². The number of fused-ring (bicyclic) bond motifs is 1. The zero-order valence-electron chi connectivity index (χ0n) is 15.4. The van der Waals surface area contributed by atoms with Crippen molar-refractivity contribution in [3.63, 3.8) is 0 Å². The second kappa shape index (κ2) is 8.40. The fourth-order valence-corrected chi connectivity index (χ4v) is 2.65. The lowest BCUT2D eigenvalue weighted by Crippen LogP contribution is -2.23. The summed E-state index contributed by atoms with van der Waals surface area (Å²) in [7, 11) is 3.42. The Morgan fingerprint density at radius 1 is 1.07 bits per heavy atom. The Bertz CT molecular complexity index is 857. The molecule has 6 nitrogen and oxygen atoms in total. The Hall–Kier alpha value is -3.28. The van der Waals surface area contributed by atoms with E-state index >= 15 is 0 Å². The van der Waals surface area contributed by atoms with Crippen LogP contribution in [-0.2, 0) is 11.2 Å². The van der Waals surface area contributed by atoms with Crippen molar-refractivity contribution in [1.82, 2.24) is 10.2 Å². The first-order valence-corrected chi connectivity index (χ1v) is 8.69. The summed E-state index contributed by atoms with van der Waals surface area (Å²) in [5.41, 5.74) is 2.55. The standard InChI is InChI=1S/C21H22N2O4/c1-23(2)21(25)17-7-3-15(4-8-17)6-10-20(24)22-12-11-16-5-9-18-19(13-16)27-14-26-18/h3-10,13H,11-12,14H2,1-2H3,(H,22,24)/b10-6+. The molecule has 0 radical (unpaired) electrons. The van der Waals surface area contributed by atoms with Gasteiger partial charge in [0.2, 0.25) is 12.7 Å². The average molecular weight is 366 g/mol. The van der Waals surface area contributed by atoms with E-state index in [2.05, 4.69) is 5.32 Å². The molecule has 1 N–H and O–H groups in total. The van der Waals surface area contributed by atoms with Crippen LogP contribution in [0.1, 0.15) is 21.5 Å². The quantitative estimate of drug-likeness (QED) is 0.798. The maximum atomic E-state index is 12.0. The van der Waals surface area contributed by atoms with Crippen molar-refractivity contribution in [2.45, 2.75) is 6.42 Å². The maximum Gasteiger partial charge on any atom is 0.253 e. The molecule has 0 unspecified atom stereocenters. The normalized spacial score (nSPS) is 12.2.